The normalized spacial score (nSPS) is 33.6. The molecular weight excluding hydrogens is 568 g/mol. The fraction of sp³-hybridized carbons (Fsp3) is 0.500. The average molecular weight is 599 g/mol. The predicted molar refractivity (Wildman–Crippen MR) is 137 cm³/mol. The first kappa shape index (κ1) is 30.2. The Kier molecular flexibility index (Phi) is 8.46. The number of phenolic OH excluding ortho intramolecular Hbond substituents is 2. The van der Waals surface area contributed by atoms with E-state index in [0.29, 0.717) is 0 Å². The first-order valence-electron chi connectivity index (χ1n) is 12.7. The van der Waals surface area contributed by atoms with Crippen LogP contribution in [0.3, 0.4) is 0 Å². The molecule has 2 aromatic carbocycles. The van der Waals surface area contributed by atoms with Gasteiger partial charge in [0.05, 0.1) is 20.3 Å². The second-order valence-corrected chi connectivity index (χ2v) is 9.90. The summed E-state index contributed by atoms with van der Waals surface area (Å²) in [4.78, 5) is 13.4. The van der Waals surface area contributed by atoms with Crippen LogP contribution >= 0.6 is 0 Å². The lowest BCUT2D eigenvalue weighted by Crippen LogP contribution is -2.62. The number of hydrogen-bond donors (Lipinski definition) is 9. The Hall–Kier alpha value is -3.29. The van der Waals surface area contributed by atoms with Gasteiger partial charge in [0.15, 0.2) is 17.6 Å². The van der Waals surface area contributed by atoms with E-state index in [9.17, 15) is 50.8 Å². The minimum Gasteiger partial charge on any atom is -0.507 e. The van der Waals surface area contributed by atoms with E-state index >= 15 is 0 Å². The lowest BCUT2D eigenvalue weighted by molar-refractivity contribution is -0.323. The first-order chi connectivity index (χ1) is 20.0. The third-order valence-corrected chi connectivity index (χ3v) is 7.24. The van der Waals surface area contributed by atoms with Crippen molar-refractivity contribution in [2.45, 2.75) is 61.4 Å². The van der Waals surface area contributed by atoms with E-state index in [-0.39, 0.29) is 33.4 Å². The van der Waals surface area contributed by atoms with Gasteiger partial charge in [0.1, 0.15) is 82.4 Å². The third kappa shape index (κ3) is 5.22. The number of ether oxygens (including phenoxy) is 5. The zero-order valence-corrected chi connectivity index (χ0v) is 21.9. The van der Waals surface area contributed by atoms with Crippen LogP contribution in [-0.2, 0) is 14.2 Å². The Morgan fingerprint density at radius 1 is 0.786 bits per heavy atom. The molecular formula is C26H30O16. The number of benzene rings is 2. The van der Waals surface area contributed by atoms with Crippen LogP contribution in [-0.4, -0.2) is 128 Å². The van der Waals surface area contributed by atoms with Crippen LogP contribution in [0.25, 0.3) is 21.9 Å². The van der Waals surface area contributed by atoms with E-state index in [0.717, 1.165) is 12.1 Å². The summed E-state index contributed by atoms with van der Waals surface area (Å²) in [5.74, 6) is -1.04. The molecule has 3 aromatic rings. The molecule has 2 aliphatic rings. The highest BCUT2D eigenvalue weighted by Gasteiger charge is 2.48. The van der Waals surface area contributed by atoms with Gasteiger partial charge in [-0.25, -0.2) is 0 Å². The molecule has 3 heterocycles. The van der Waals surface area contributed by atoms with Gasteiger partial charge in [-0.05, 0) is 12.1 Å². The lowest BCUT2D eigenvalue weighted by atomic mass is 9.98. The van der Waals surface area contributed by atoms with E-state index in [1.54, 1.807) is 0 Å². The second-order valence-electron chi connectivity index (χ2n) is 9.90. The van der Waals surface area contributed by atoms with E-state index in [1.165, 1.54) is 19.2 Å². The third-order valence-electron chi connectivity index (χ3n) is 7.24. The number of methoxy groups -OCH3 is 1. The Balaban J connectivity index is 1.42. The molecule has 0 amide bonds. The number of fused-ring (bicyclic) bond motifs is 2. The Morgan fingerprint density at radius 3 is 2.10 bits per heavy atom. The minimum absolute atomic E-state index is 0.102. The van der Waals surface area contributed by atoms with Crippen molar-refractivity contribution in [3.05, 3.63) is 34.5 Å². The number of aliphatic hydroxyl groups is 7. The fourth-order valence-corrected chi connectivity index (χ4v) is 4.88. The van der Waals surface area contributed by atoms with Crippen LogP contribution in [0.5, 0.6) is 23.0 Å². The average Bonchev–Trinajstić information content (AvgIpc) is 2.97. The predicted octanol–water partition coefficient (Wildman–Crippen LogP) is -2.63. The van der Waals surface area contributed by atoms with Crippen molar-refractivity contribution in [3.63, 3.8) is 0 Å². The first-order valence-corrected chi connectivity index (χ1v) is 12.7. The summed E-state index contributed by atoms with van der Waals surface area (Å²) < 4.78 is 32.7. The number of aliphatic hydroxyl groups excluding tert-OH is 7. The topological polar surface area (TPSA) is 258 Å². The van der Waals surface area contributed by atoms with Crippen molar-refractivity contribution < 1.29 is 74.1 Å². The Bertz CT molecular complexity index is 1490. The van der Waals surface area contributed by atoms with Gasteiger partial charge in [0, 0.05) is 12.1 Å². The summed E-state index contributed by atoms with van der Waals surface area (Å²) in [5, 5.41) is 91.2. The van der Waals surface area contributed by atoms with Gasteiger partial charge in [-0.3, -0.25) is 4.79 Å². The molecule has 0 radical (unpaired) electrons. The van der Waals surface area contributed by atoms with Crippen LogP contribution in [0.4, 0.5) is 0 Å². The maximum Gasteiger partial charge on any atom is 0.229 e. The number of aromatic hydroxyl groups is 2. The molecule has 2 fully saturated rings. The van der Waals surface area contributed by atoms with Gasteiger partial charge in [0.2, 0.25) is 11.7 Å². The molecule has 0 bridgehead atoms. The number of rotatable bonds is 7. The van der Waals surface area contributed by atoms with Crippen LogP contribution in [0.15, 0.2) is 33.5 Å². The van der Waals surface area contributed by atoms with Gasteiger partial charge in [-0.1, -0.05) is 0 Å². The lowest BCUT2D eigenvalue weighted by Gasteiger charge is -2.42. The van der Waals surface area contributed by atoms with Crippen LogP contribution in [0.2, 0.25) is 0 Å². The molecule has 2 saturated heterocycles. The molecule has 1 aromatic heterocycles. The van der Waals surface area contributed by atoms with Crippen LogP contribution in [0, 0.1) is 0 Å². The largest absolute Gasteiger partial charge is 0.507 e. The molecule has 2 aliphatic heterocycles. The summed E-state index contributed by atoms with van der Waals surface area (Å²) in [6.45, 7) is -1.31. The fourth-order valence-electron chi connectivity index (χ4n) is 4.88. The van der Waals surface area contributed by atoms with Crippen LogP contribution < -0.4 is 14.9 Å². The zero-order valence-electron chi connectivity index (χ0n) is 21.9. The second kappa shape index (κ2) is 11.8. The molecule has 5 rings (SSSR count). The Morgan fingerprint density at radius 2 is 1.43 bits per heavy atom. The summed E-state index contributed by atoms with van der Waals surface area (Å²) in [7, 11) is 1.34. The maximum atomic E-state index is 13.4. The minimum atomic E-state index is -1.86. The molecule has 10 atom stereocenters. The highest BCUT2D eigenvalue weighted by Crippen LogP contribution is 2.37. The highest BCUT2D eigenvalue weighted by atomic mass is 16.7. The summed E-state index contributed by atoms with van der Waals surface area (Å²) >= 11 is 0. The van der Waals surface area contributed by atoms with Gasteiger partial charge >= 0.3 is 0 Å². The van der Waals surface area contributed by atoms with Crippen molar-refractivity contribution in [3.8, 4) is 23.0 Å². The van der Waals surface area contributed by atoms with E-state index in [1.807, 2.05) is 0 Å². The Labute approximate surface area is 235 Å². The molecule has 10 unspecified atom stereocenters. The SMILES string of the molecule is COc1cc(O)c2c(=O)c3c(OC4OC(COC5OC(CO)C(O)C(O)C5O)C(O)C(O)C4O)ccc(O)c3oc2c1. The smallest absolute Gasteiger partial charge is 0.229 e. The number of hydrogen-bond acceptors (Lipinski definition) is 16. The molecule has 230 valence electrons. The molecule has 0 saturated carbocycles. The van der Waals surface area contributed by atoms with Gasteiger partial charge in [-0.15, -0.1) is 0 Å². The van der Waals surface area contributed by atoms with Crippen molar-refractivity contribution in [1.29, 1.82) is 0 Å². The van der Waals surface area contributed by atoms with E-state index in [2.05, 4.69) is 0 Å². The summed E-state index contributed by atoms with van der Waals surface area (Å²) in [5.41, 5.74) is -1.24. The zero-order chi connectivity index (χ0) is 30.5. The van der Waals surface area contributed by atoms with Crippen molar-refractivity contribution >= 4 is 21.9 Å². The molecule has 42 heavy (non-hydrogen) atoms. The maximum absolute atomic E-state index is 13.4. The molecule has 0 aliphatic carbocycles. The van der Waals surface area contributed by atoms with E-state index in [4.69, 9.17) is 28.1 Å². The van der Waals surface area contributed by atoms with Crippen LogP contribution in [0.1, 0.15) is 0 Å². The quantitative estimate of drug-likeness (QED) is 0.126. The summed E-state index contributed by atoms with van der Waals surface area (Å²) in [6, 6.07) is 4.80. The van der Waals surface area contributed by atoms with Crippen molar-refractivity contribution in [2.24, 2.45) is 0 Å². The monoisotopic (exact) mass is 598 g/mol. The van der Waals surface area contributed by atoms with E-state index < -0.39 is 91.6 Å². The van der Waals surface area contributed by atoms with Crippen molar-refractivity contribution in [2.75, 3.05) is 20.3 Å². The molecule has 0 spiro atoms. The van der Waals surface area contributed by atoms with Crippen molar-refractivity contribution in [1.82, 2.24) is 0 Å². The van der Waals surface area contributed by atoms with Gasteiger partial charge in [-0.2, -0.15) is 0 Å². The summed E-state index contributed by atoms with van der Waals surface area (Å²) in [6.07, 6.45) is -16.6. The standard InChI is InChI=1S/C26H30O16/c1-37-8-4-10(29)15-12(5-8)39-24-9(28)2-3-11(16(24)19(15)32)40-26-23(36)21(34)18(31)14(42-26)7-38-25-22(35)20(33)17(30)13(6-27)41-25/h2-5,13-14,17-18,20-23,25-31,33-36H,6-7H2,1H3. The molecule has 9 N–H and O–H groups in total. The number of phenols is 2. The molecule has 16 heteroatoms. The van der Waals surface area contributed by atoms with Gasteiger partial charge < -0.3 is 74.1 Å². The molecule has 16 nitrogen and oxygen atoms in total. The highest BCUT2D eigenvalue weighted by molar-refractivity contribution is 5.98. The van der Waals surface area contributed by atoms with Gasteiger partial charge in [0.25, 0.3) is 0 Å².